The monoisotopic (exact) mass is 182 g/mol. The molecule has 0 saturated carbocycles. The van der Waals surface area contributed by atoms with E-state index in [0.717, 1.165) is 17.9 Å². The van der Waals surface area contributed by atoms with Gasteiger partial charge in [-0.1, -0.05) is 26.1 Å². The maximum absolute atomic E-state index is 5.01. The van der Waals surface area contributed by atoms with Crippen LogP contribution in [0, 0.1) is 17.5 Å². The number of hydrogen-bond acceptors (Lipinski definition) is 2. The van der Waals surface area contributed by atoms with Gasteiger partial charge in [-0.2, -0.15) is 0 Å². The molecule has 1 heterocycles. The van der Waals surface area contributed by atoms with Crippen molar-refractivity contribution in [3.8, 4) is 0 Å². The zero-order valence-electron chi connectivity index (χ0n) is 7.72. The van der Waals surface area contributed by atoms with Gasteiger partial charge in [0.2, 0.25) is 0 Å². The highest BCUT2D eigenvalue weighted by molar-refractivity contribution is 7.71. The van der Waals surface area contributed by atoms with E-state index in [1.807, 2.05) is 13.0 Å². The van der Waals surface area contributed by atoms with Crippen LogP contribution in [0.4, 0.5) is 0 Å². The number of nitrogens with zero attached hydrogens (tertiary/aromatic N) is 1. The lowest BCUT2D eigenvalue weighted by atomic mass is 10.1. The van der Waals surface area contributed by atoms with E-state index in [0.29, 0.717) is 10.6 Å². The van der Waals surface area contributed by atoms with Crippen molar-refractivity contribution in [1.29, 1.82) is 0 Å². The summed E-state index contributed by atoms with van der Waals surface area (Å²) >= 11 is 5.01. The average Bonchev–Trinajstić information content (AvgIpc) is 1.81. The Hall–Kier alpha value is -0.700. The molecule has 1 aromatic rings. The molecule has 1 rings (SSSR count). The predicted molar refractivity (Wildman–Crippen MR) is 52.7 cm³/mol. The van der Waals surface area contributed by atoms with E-state index in [1.54, 1.807) is 0 Å². The van der Waals surface area contributed by atoms with Crippen molar-refractivity contribution in [1.82, 2.24) is 9.97 Å². The zero-order valence-corrected chi connectivity index (χ0v) is 8.53. The number of nitrogens with one attached hydrogen (secondary N) is 1. The zero-order chi connectivity index (χ0) is 9.14. The quantitative estimate of drug-likeness (QED) is 0.712. The molecule has 0 aliphatic heterocycles. The third-order valence-electron chi connectivity index (χ3n) is 1.53. The van der Waals surface area contributed by atoms with Gasteiger partial charge in [-0.05, 0) is 18.9 Å². The van der Waals surface area contributed by atoms with Gasteiger partial charge in [0, 0.05) is 12.1 Å². The van der Waals surface area contributed by atoms with Gasteiger partial charge in [0.05, 0.1) is 0 Å². The summed E-state index contributed by atoms with van der Waals surface area (Å²) in [6, 6.07) is 1.87. The largest absolute Gasteiger partial charge is 0.347 e. The van der Waals surface area contributed by atoms with Gasteiger partial charge in [0.1, 0.15) is 10.5 Å². The summed E-state index contributed by atoms with van der Waals surface area (Å²) < 4.78 is 0.682. The second kappa shape index (κ2) is 3.81. The smallest absolute Gasteiger partial charge is 0.129 e. The van der Waals surface area contributed by atoms with E-state index in [9.17, 15) is 0 Å². The lowest BCUT2D eigenvalue weighted by Crippen LogP contribution is -2.01. The Bertz CT molecular complexity index is 315. The molecule has 0 aliphatic carbocycles. The highest BCUT2D eigenvalue weighted by Crippen LogP contribution is 2.03. The molecule has 66 valence electrons. The van der Waals surface area contributed by atoms with E-state index < -0.39 is 0 Å². The SMILES string of the molecule is Cc1cc(=S)nc(CC(C)C)[nH]1. The average molecular weight is 182 g/mol. The lowest BCUT2D eigenvalue weighted by Gasteiger charge is -2.04. The molecule has 0 aliphatic rings. The van der Waals surface area contributed by atoms with Gasteiger partial charge in [-0.25, -0.2) is 4.98 Å². The molecule has 0 atom stereocenters. The minimum absolute atomic E-state index is 0.616. The Morgan fingerprint density at radius 2 is 2.25 bits per heavy atom. The van der Waals surface area contributed by atoms with E-state index >= 15 is 0 Å². The number of aryl methyl sites for hydroxylation is 1. The molecule has 1 N–H and O–H groups in total. The Balaban J connectivity index is 2.93. The molecule has 0 saturated heterocycles. The summed E-state index contributed by atoms with van der Waals surface area (Å²) in [6.07, 6.45) is 0.964. The first-order valence-corrected chi connectivity index (χ1v) is 4.55. The van der Waals surface area contributed by atoms with Crippen LogP contribution >= 0.6 is 12.2 Å². The number of aromatic amines is 1. The van der Waals surface area contributed by atoms with Gasteiger partial charge in [0.25, 0.3) is 0 Å². The highest BCUT2D eigenvalue weighted by atomic mass is 32.1. The van der Waals surface area contributed by atoms with Crippen LogP contribution in [-0.2, 0) is 6.42 Å². The van der Waals surface area contributed by atoms with Crippen LogP contribution < -0.4 is 0 Å². The van der Waals surface area contributed by atoms with Crippen molar-refractivity contribution < 1.29 is 0 Å². The maximum Gasteiger partial charge on any atom is 0.129 e. The second-order valence-electron chi connectivity index (χ2n) is 3.45. The predicted octanol–water partition coefficient (Wildman–Crippen LogP) is 2.65. The van der Waals surface area contributed by atoms with Gasteiger partial charge < -0.3 is 4.98 Å². The van der Waals surface area contributed by atoms with Crippen LogP contribution in [0.3, 0.4) is 0 Å². The van der Waals surface area contributed by atoms with Gasteiger partial charge >= 0.3 is 0 Å². The van der Waals surface area contributed by atoms with Crippen LogP contribution in [0.1, 0.15) is 25.4 Å². The Morgan fingerprint density at radius 3 is 2.75 bits per heavy atom. The van der Waals surface area contributed by atoms with Crippen LogP contribution in [0.2, 0.25) is 0 Å². The molecule has 0 unspecified atom stereocenters. The van der Waals surface area contributed by atoms with Crippen molar-refractivity contribution in [2.45, 2.75) is 27.2 Å². The molecule has 2 nitrogen and oxygen atoms in total. The summed E-state index contributed by atoms with van der Waals surface area (Å²) in [6.45, 7) is 6.34. The highest BCUT2D eigenvalue weighted by Gasteiger charge is 1.99. The molecule has 1 aromatic heterocycles. The maximum atomic E-state index is 5.01. The fourth-order valence-corrected chi connectivity index (χ4v) is 1.41. The molecule has 3 heteroatoms. The number of aromatic nitrogens is 2. The molecule has 0 fully saturated rings. The first-order valence-electron chi connectivity index (χ1n) is 4.15. The topological polar surface area (TPSA) is 28.7 Å². The number of rotatable bonds is 2. The number of hydrogen-bond donors (Lipinski definition) is 1. The van der Waals surface area contributed by atoms with Crippen molar-refractivity contribution in [2.24, 2.45) is 5.92 Å². The molecule has 0 amide bonds. The van der Waals surface area contributed by atoms with Gasteiger partial charge in [0.15, 0.2) is 0 Å². The molecular formula is C9H14N2S. The fourth-order valence-electron chi connectivity index (χ4n) is 1.13. The van der Waals surface area contributed by atoms with Crippen molar-refractivity contribution in [2.75, 3.05) is 0 Å². The standard InChI is InChI=1S/C9H14N2S/c1-6(2)4-8-10-7(3)5-9(12)11-8/h5-6H,4H2,1-3H3,(H,10,11,12). The van der Waals surface area contributed by atoms with Gasteiger partial charge in [-0.3, -0.25) is 0 Å². The Labute approximate surface area is 78.1 Å². The molecule has 0 aromatic carbocycles. The van der Waals surface area contributed by atoms with Crippen molar-refractivity contribution in [3.63, 3.8) is 0 Å². The van der Waals surface area contributed by atoms with Crippen LogP contribution in [0.15, 0.2) is 6.07 Å². The fraction of sp³-hybridized carbons (Fsp3) is 0.556. The normalized spacial score (nSPS) is 10.7. The summed E-state index contributed by atoms with van der Waals surface area (Å²) in [7, 11) is 0. The van der Waals surface area contributed by atoms with Crippen LogP contribution in [0.25, 0.3) is 0 Å². The van der Waals surface area contributed by atoms with E-state index in [4.69, 9.17) is 12.2 Å². The molecule has 0 radical (unpaired) electrons. The lowest BCUT2D eigenvalue weighted by molar-refractivity contribution is 0.618. The van der Waals surface area contributed by atoms with Crippen molar-refractivity contribution in [3.05, 3.63) is 22.2 Å². The summed E-state index contributed by atoms with van der Waals surface area (Å²) in [5.74, 6) is 1.61. The van der Waals surface area contributed by atoms with E-state index in [-0.39, 0.29) is 0 Å². The summed E-state index contributed by atoms with van der Waals surface area (Å²) in [5.41, 5.74) is 1.09. The molecule has 12 heavy (non-hydrogen) atoms. The Morgan fingerprint density at radius 1 is 1.58 bits per heavy atom. The van der Waals surface area contributed by atoms with E-state index in [1.165, 1.54) is 0 Å². The minimum Gasteiger partial charge on any atom is -0.347 e. The van der Waals surface area contributed by atoms with Gasteiger partial charge in [-0.15, -0.1) is 0 Å². The number of H-pyrrole nitrogens is 1. The first-order chi connectivity index (χ1) is 5.58. The molecule has 0 spiro atoms. The molecule has 0 bridgehead atoms. The summed E-state index contributed by atoms with van der Waals surface area (Å²) in [4.78, 5) is 7.44. The summed E-state index contributed by atoms with van der Waals surface area (Å²) in [5, 5.41) is 0. The third-order valence-corrected chi connectivity index (χ3v) is 1.74. The van der Waals surface area contributed by atoms with Crippen LogP contribution in [-0.4, -0.2) is 9.97 Å². The van der Waals surface area contributed by atoms with E-state index in [2.05, 4.69) is 23.8 Å². The Kier molecular flexibility index (Phi) is 2.98. The van der Waals surface area contributed by atoms with Crippen LogP contribution in [0.5, 0.6) is 0 Å². The third kappa shape index (κ3) is 2.74. The second-order valence-corrected chi connectivity index (χ2v) is 3.87. The van der Waals surface area contributed by atoms with Crippen molar-refractivity contribution >= 4 is 12.2 Å². The first kappa shape index (κ1) is 9.39. The molecular weight excluding hydrogens is 168 g/mol. The minimum atomic E-state index is 0.616.